The number of aromatic nitrogens is 1. The highest BCUT2D eigenvalue weighted by Gasteiger charge is 2.01. The van der Waals surface area contributed by atoms with Gasteiger partial charge in [0.25, 0.3) is 0 Å². The lowest BCUT2D eigenvalue weighted by molar-refractivity contribution is 0.917. The Bertz CT molecular complexity index is 229. The third-order valence-corrected chi connectivity index (χ3v) is 1.77. The number of hydrogen-bond acceptors (Lipinski definition) is 1. The molecule has 1 rings (SSSR count). The first-order chi connectivity index (χ1) is 4.74. The first kappa shape index (κ1) is 7.57. The molecule has 0 aliphatic heterocycles. The molecule has 1 heterocycles. The molecule has 0 radical (unpaired) electrons. The summed E-state index contributed by atoms with van der Waals surface area (Å²) >= 11 is 3.28. The number of hydrogen-bond donors (Lipinski definition) is 2. The Kier molecular flexibility index (Phi) is 2.29. The van der Waals surface area contributed by atoms with Crippen molar-refractivity contribution in [3.05, 3.63) is 35.1 Å². The van der Waals surface area contributed by atoms with Crippen molar-refractivity contribution in [2.75, 3.05) is 0 Å². The van der Waals surface area contributed by atoms with E-state index in [0.717, 1.165) is 10.2 Å². The van der Waals surface area contributed by atoms with E-state index in [9.17, 15) is 0 Å². The number of nitrogens with one attached hydrogen (secondary N) is 1. The Morgan fingerprint density at radius 2 is 2.50 bits per heavy atom. The normalized spacial score (nSPS) is 13.0. The summed E-state index contributed by atoms with van der Waals surface area (Å²) in [6.07, 6.45) is 3.56. The lowest BCUT2D eigenvalue weighted by Gasteiger charge is -1.99. The largest absolute Gasteiger partial charge is 0.356 e. The molecule has 0 fully saturated rings. The minimum atomic E-state index is -0.0671. The molecule has 3 heteroatoms. The summed E-state index contributed by atoms with van der Waals surface area (Å²) in [5.74, 6) is 0. The van der Waals surface area contributed by atoms with Crippen molar-refractivity contribution in [3.63, 3.8) is 0 Å². The first-order valence-corrected chi connectivity index (χ1v) is 3.75. The molecule has 0 aromatic carbocycles. The SMILES string of the molecule is C=C[C@@H](N)c1c[nH]c(Br)c1. The van der Waals surface area contributed by atoms with E-state index < -0.39 is 0 Å². The van der Waals surface area contributed by atoms with Crippen molar-refractivity contribution in [1.82, 2.24) is 4.98 Å². The summed E-state index contributed by atoms with van der Waals surface area (Å²) in [5, 5.41) is 0. The van der Waals surface area contributed by atoms with Crippen molar-refractivity contribution < 1.29 is 0 Å². The van der Waals surface area contributed by atoms with E-state index in [1.165, 1.54) is 0 Å². The minimum absolute atomic E-state index is 0.0671. The third kappa shape index (κ3) is 1.49. The molecule has 0 amide bonds. The fourth-order valence-corrected chi connectivity index (χ4v) is 1.09. The monoisotopic (exact) mass is 200 g/mol. The third-order valence-electron chi connectivity index (χ3n) is 1.31. The van der Waals surface area contributed by atoms with E-state index in [1.54, 1.807) is 6.08 Å². The average molecular weight is 201 g/mol. The van der Waals surface area contributed by atoms with Gasteiger partial charge in [0.1, 0.15) is 0 Å². The average Bonchev–Trinajstić information content (AvgIpc) is 2.34. The standard InChI is InChI=1S/C7H9BrN2/c1-2-6(9)5-3-7(8)10-4-5/h2-4,6,10H,1,9H2/t6-/m1/s1. The van der Waals surface area contributed by atoms with Crippen LogP contribution in [0.5, 0.6) is 0 Å². The lowest BCUT2D eigenvalue weighted by Crippen LogP contribution is -2.04. The predicted octanol–water partition coefficient (Wildman–Crippen LogP) is 1.96. The van der Waals surface area contributed by atoms with Crippen LogP contribution in [-0.2, 0) is 0 Å². The molecule has 0 bridgehead atoms. The van der Waals surface area contributed by atoms with Crippen LogP contribution < -0.4 is 5.73 Å². The topological polar surface area (TPSA) is 41.8 Å². The van der Waals surface area contributed by atoms with Gasteiger partial charge in [0, 0.05) is 12.2 Å². The van der Waals surface area contributed by atoms with E-state index in [4.69, 9.17) is 5.73 Å². The van der Waals surface area contributed by atoms with E-state index in [-0.39, 0.29) is 6.04 Å². The molecule has 0 saturated heterocycles. The van der Waals surface area contributed by atoms with Crippen LogP contribution >= 0.6 is 15.9 Å². The van der Waals surface area contributed by atoms with Crippen LogP contribution in [-0.4, -0.2) is 4.98 Å². The number of rotatable bonds is 2. The Morgan fingerprint density at radius 1 is 1.80 bits per heavy atom. The number of nitrogens with two attached hydrogens (primary N) is 1. The molecular formula is C7H9BrN2. The van der Waals surface area contributed by atoms with Gasteiger partial charge in [-0.05, 0) is 27.6 Å². The molecule has 0 aliphatic rings. The lowest BCUT2D eigenvalue weighted by atomic mass is 10.2. The zero-order valence-electron chi connectivity index (χ0n) is 5.47. The maximum atomic E-state index is 5.65. The molecule has 1 atom stereocenters. The fraction of sp³-hybridized carbons (Fsp3) is 0.143. The van der Waals surface area contributed by atoms with Gasteiger partial charge in [-0.15, -0.1) is 6.58 Å². The Labute approximate surface area is 68.3 Å². The highest BCUT2D eigenvalue weighted by molar-refractivity contribution is 9.10. The van der Waals surface area contributed by atoms with Crippen LogP contribution in [0.3, 0.4) is 0 Å². The zero-order valence-corrected chi connectivity index (χ0v) is 7.06. The molecular weight excluding hydrogens is 192 g/mol. The van der Waals surface area contributed by atoms with Crippen LogP contribution in [0, 0.1) is 0 Å². The molecule has 1 aromatic heterocycles. The van der Waals surface area contributed by atoms with Crippen molar-refractivity contribution in [2.24, 2.45) is 5.73 Å². The van der Waals surface area contributed by atoms with Crippen LogP contribution in [0.4, 0.5) is 0 Å². The van der Waals surface area contributed by atoms with E-state index in [2.05, 4.69) is 27.5 Å². The molecule has 0 aliphatic carbocycles. The van der Waals surface area contributed by atoms with Crippen molar-refractivity contribution in [2.45, 2.75) is 6.04 Å². The molecule has 0 spiro atoms. The van der Waals surface area contributed by atoms with Crippen LogP contribution in [0.25, 0.3) is 0 Å². The summed E-state index contributed by atoms with van der Waals surface area (Å²) in [6.45, 7) is 3.59. The van der Waals surface area contributed by atoms with Gasteiger partial charge in [-0.3, -0.25) is 0 Å². The van der Waals surface area contributed by atoms with Crippen LogP contribution in [0.2, 0.25) is 0 Å². The summed E-state index contributed by atoms with van der Waals surface area (Å²) < 4.78 is 0.944. The Hall–Kier alpha value is -0.540. The van der Waals surface area contributed by atoms with Gasteiger partial charge in [0.2, 0.25) is 0 Å². The fourth-order valence-electron chi connectivity index (χ4n) is 0.710. The van der Waals surface area contributed by atoms with Crippen molar-refractivity contribution in [1.29, 1.82) is 0 Å². The van der Waals surface area contributed by atoms with Gasteiger partial charge in [-0.2, -0.15) is 0 Å². The number of H-pyrrole nitrogens is 1. The highest BCUT2D eigenvalue weighted by atomic mass is 79.9. The Morgan fingerprint density at radius 3 is 2.90 bits per heavy atom. The molecule has 3 N–H and O–H groups in total. The van der Waals surface area contributed by atoms with E-state index >= 15 is 0 Å². The maximum absolute atomic E-state index is 5.65. The number of halogens is 1. The second kappa shape index (κ2) is 3.03. The second-order valence-electron chi connectivity index (χ2n) is 2.04. The smallest absolute Gasteiger partial charge is 0.0823 e. The molecule has 54 valence electrons. The van der Waals surface area contributed by atoms with Gasteiger partial charge in [0.05, 0.1) is 4.60 Å². The summed E-state index contributed by atoms with van der Waals surface area (Å²) in [7, 11) is 0. The molecule has 0 unspecified atom stereocenters. The maximum Gasteiger partial charge on any atom is 0.0823 e. The van der Waals surface area contributed by atoms with Gasteiger partial charge in [-0.1, -0.05) is 6.08 Å². The summed E-state index contributed by atoms with van der Waals surface area (Å²) in [5.41, 5.74) is 6.69. The van der Waals surface area contributed by atoms with Crippen molar-refractivity contribution in [3.8, 4) is 0 Å². The molecule has 1 aromatic rings. The van der Waals surface area contributed by atoms with Crippen LogP contribution in [0.1, 0.15) is 11.6 Å². The molecule has 10 heavy (non-hydrogen) atoms. The molecule has 2 nitrogen and oxygen atoms in total. The second-order valence-corrected chi connectivity index (χ2v) is 2.90. The summed E-state index contributed by atoms with van der Waals surface area (Å²) in [6, 6.07) is 1.87. The van der Waals surface area contributed by atoms with E-state index in [0.29, 0.717) is 0 Å². The minimum Gasteiger partial charge on any atom is -0.356 e. The Balaban J connectivity index is 2.84. The van der Waals surface area contributed by atoms with Gasteiger partial charge in [-0.25, -0.2) is 0 Å². The number of aromatic amines is 1. The van der Waals surface area contributed by atoms with Crippen molar-refractivity contribution >= 4 is 15.9 Å². The van der Waals surface area contributed by atoms with Crippen LogP contribution in [0.15, 0.2) is 29.5 Å². The highest BCUT2D eigenvalue weighted by Crippen LogP contribution is 2.15. The molecule has 0 saturated carbocycles. The summed E-state index contributed by atoms with van der Waals surface area (Å²) in [4.78, 5) is 2.97. The van der Waals surface area contributed by atoms with Gasteiger partial charge < -0.3 is 10.7 Å². The predicted molar refractivity (Wildman–Crippen MR) is 45.6 cm³/mol. The quantitative estimate of drug-likeness (QED) is 0.705. The first-order valence-electron chi connectivity index (χ1n) is 2.96. The van der Waals surface area contributed by atoms with Gasteiger partial charge >= 0.3 is 0 Å². The van der Waals surface area contributed by atoms with E-state index in [1.807, 2.05) is 12.3 Å². The van der Waals surface area contributed by atoms with Gasteiger partial charge in [0.15, 0.2) is 0 Å². The zero-order chi connectivity index (χ0) is 7.56.